The number of hydrogen-bond acceptors (Lipinski definition) is 7. The largest absolute Gasteiger partial charge is 0.507 e. The fourth-order valence-corrected chi connectivity index (χ4v) is 3.59. The lowest BCUT2D eigenvalue weighted by atomic mass is 10.2. The van der Waals surface area contributed by atoms with Crippen molar-refractivity contribution in [3.05, 3.63) is 71.2 Å². The number of aromatic hydroxyl groups is 2. The van der Waals surface area contributed by atoms with Crippen LogP contribution in [0.1, 0.15) is 15.9 Å². The fraction of sp³-hybridized carbons (Fsp3) is 0.0952. The number of rotatable bonds is 6. The first-order valence-electron chi connectivity index (χ1n) is 8.80. The number of amides is 2. The second kappa shape index (κ2) is 9.19. The van der Waals surface area contributed by atoms with Gasteiger partial charge in [-0.15, -0.1) is 11.7 Å². The summed E-state index contributed by atoms with van der Waals surface area (Å²) in [5, 5.41) is 23.8. The fourth-order valence-electron chi connectivity index (χ4n) is 2.64. The Labute approximate surface area is 177 Å². The molecule has 1 saturated heterocycles. The number of nitrogens with one attached hydrogen (secondary N) is 1. The smallest absolute Gasteiger partial charge is 0.275 e. The van der Waals surface area contributed by atoms with Crippen LogP contribution in [0.4, 0.5) is 0 Å². The van der Waals surface area contributed by atoms with E-state index in [0.717, 1.165) is 11.8 Å². The Hall–Kier alpha value is -3.72. The van der Waals surface area contributed by atoms with E-state index in [1.165, 1.54) is 30.2 Å². The monoisotopic (exact) mass is 425 g/mol. The minimum atomic E-state index is -0.604. The molecule has 0 radical (unpaired) electrons. The van der Waals surface area contributed by atoms with Crippen molar-refractivity contribution in [2.45, 2.75) is 0 Å². The summed E-state index contributed by atoms with van der Waals surface area (Å²) in [6, 6.07) is 10.8. The van der Waals surface area contributed by atoms with Crippen LogP contribution in [0.25, 0.3) is 6.08 Å². The maximum absolute atomic E-state index is 12.8. The Morgan fingerprint density at radius 1 is 1.27 bits per heavy atom. The van der Waals surface area contributed by atoms with Gasteiger partial charge >= 0.3 is 0 Å². The maximum atomic E-state index is 12.8. The number of thioether (sulfide) groups is 1. The van der Waals surface area contributed by atoms with Gasteiger partial charge in [0.25, 0.3) is 11.8 Å². The normalized spacial score (nSPS) is 16.2. The Morgan fingerprint density at radius 3 is 2.73 bits per heavy atom. The molecule has 30 heavy (non-hydrogen) atoms. The molecule has 1 heterocycles. The predicted molar refractivity (Wildman–Crippen MR) is 115 cm³/mol. The van der Waals surface area contributed by atoms with Crippen LogP contribution in [-0.4, -0.2) is 45.7 Å². The summed E-state index contributed by atoms with van der Waals surface area (Å²) < 4.78 is 5.09. The lowest BCUT2D eigenvalue weighted by Crippen LogP contribution is -2.31. The number of phenolic OH excluding ortho intramolecular Hbond substituents is 2. The molecule has 2 amide bonds. The van der Waals surface area contributed by atoms with Crippen molar-refractivity contribution in [3.63, 3.8) is 0 Å². The molecule has 1 fully saturated rings. The van der Waals surface area contributed by atoms with Gasteiger partial charge in [-0.3, -0.25) is 14.5 Å². The van der Waals surface area contributed by atoms with Gasteiger partial charge in [0.05, 0.1) is 17.6 Å². The Balaban J connectivity index is 1.85. The molecule has 0 unspecified atom stereocenters. The Kier molecular flexibility index (Phi) is 6.43. The van der Waals surface area contributed by atoms with Gasteiger partial charge < -0.3 is 14.9 Å². The number of ether oxygens (including phenoxy) is 1. The molecule has 2 aromatic rings. The molecule has 8 nitrogen and oxygen atoms in total. The molecule has 3 rings (SSSR count). The predicted octanol–water partition coefficient (Wildman–Crippen LogP) is 2.91. The summed E-state index contributed by atoms with van der Waals surface area (Å²) in [6.07, 6.45) is 3.18. The summed E-state index contributed by atoms with van der Waals surface area (Å²) >= 11 is 1.08. The van der Waals surface area contributed by atoms with Gasteiger partial charge in [0, 0.05) is 6.54 Å². The number of nitrogens with zero attached hydrogens (tertiary/aromatic N) is 2. The molecule has 0 bridgehead atoms. The molecule has 3 N–H and O–H groups in total. The highest BCUT2D eigenvalue weighted by Crippen LogP contribution is 2.34. The molecule has 9 heteroatoms. The SMILES string of the molecule is C=CCN1C(=O)/C(=C/c2ccc(O)c(OC)c2)S/C1=N/NC(=O)c1ccccc1O. The number of hydrazone groups is 1. The van der Waals surface area contributed by atoms with Gasteiger partial charge in [-0.1, -0.05) is 24.3 Å². The number of para-hydroxylation sites is 1. The molecule has 0 aliphatic carbocycles. The molecule has 1 aliphatic rings. The van der Waals surface area contributed by atoms with E-state index in [-0.39, 0.29) is 40.4 Å². The molecule has 1 aliphatic heterocycles. The van der Waals surface area contributed by atoms with Gasteiger partial charge in [-0.25, -0.2) is 5.43 Å². The quantitative estimate of drug-likeness (QED) is 0.373. The summed E-state index contributed by atoms with van der Waals surface area (Å²) in [6.45, 7) is 3.85. The van der Waals surface area contributed by atoms with E-state index in [0.29, 0.717) is 10.5 Å². The van der Waals surface area contributed by atoms with Crippen molar-refractivity contribution in [1.29, 1.82) is 0 Å². The number of phenols is 2. The van der Waals surface area contributed by atoms with Crippen LogP contribution in [-0.2, 0) is 4.79 Å². The van der Waals surface area contributed by atoms with Gasteiger partial charge in [-0.05, 0) is 47.7 Å². The number of hydrogen-bond donors (Lipinski definition) is 3. The number of benzene rings is 2. The highest BCUT2D eigenvalue weighted by molar-refractivity contribution is 8.18. The second-order valence-electron chi connectivity index (χ2n) is 6.10. The van der Waals surface area contributed by atoms with E-state index in [1.54, 1.807) is 36.4 Å². The first-order valence-corrected chi connectivity index (χ1v) is 9.61. The van der Waals surface area contributed by atoms with Crippen LogP contribution in [0.15, 0.2) is 65.1 Å². The highest BCUT2D eigenvalue weighted by atomic mass is 32.2. The van der Waals surface area contributed by atoms with Crippen LogP contribution in [0, 0.1) is 0 Å². The van der Waals surface area contributed by atoms with E-state index in [2.05, 4.69) is 17.1 Å². The molecule has 0 atom stereocenters. The average molecular weight is 425 g/mol. The van der Waals surface area contributed by atoms with Crippen LogP contribution < -0.4 is 10.2 Å². The van der Waals surface area contributed by atoms with E-state index >= 15 is 0 Å². The molecule has 154 valence electrons. The van der Waals surface area contributed by atoms with Gasteiger partial charge in [0.2, 0.25) is 0 Å². The van der Waals surface area contributed by atoms with E-state index < -0.39 is 5.91 Å². The van der Waals surface area contributed by atoms with E-state index in [4.69, 9.17) is 4.74 Å². The molecule has 0 saturated carbocycles. The summed E-state index contributed by atoms with van der Waals surface area (Å²) in [5.41, 5.74) is 3.08. The third-order valence-corrected chi connectivity index (χ3v) is 5.11. The second-order valence-corrected chi connectivity index (χ2v) is 7.11. The lowest BCUT2D eigenvalue weighted by Gasteiger charge is -2.12. The van der Waals surface area contributed by atoms with Gasteiger partial charge in [0.1, 0.15) is 5.75 Å². The minimum Gasteiger partial charge on any atom is -0.507 e. The number of carbonyl (C=O) groups excluding carboxylic acids is 2. The van der Waals surface area contributed by atoms with Crippen LogP contribution in [0.2, 0.25) is 0 Å². The van der Waals surface area contributed by atoms with E-state index in [1.807, 2.05) is 0 Å². The Bertz CT molecular complexity index is 1060. The third-order valence-electron chi connectivity index (χ3n) is 4.10. The van der Waals surface area contributed by atoms with Gasteiger partial charge in [-0.2, -0.15) is 0 Å². The van der Waals surface area contributed by atoms with Crippen LogP contribution in [0.3, 0.4) is 0 Å². The number of amidine groups is 1. The van der Waals surface area contributed by atoms with Crippen LogP contribution in [0.5, 0.6) is 17.2 Å². The summed E-state index contributed by atoms with van der Waals surface area (Å²) in [4.78, 5) is 26.8. The minimum absolute atomic E-state index is 0.00698. The van der Waals surface area contributed by atoms with Crippen molar-refractivity contribution >= 4 is 34.8 Å². The van der Waals surface area contributed by atoms with Crippen molar-refractivity contribution in [1.82, 2.24) is 10.3 Å². The van der Waals surface area contributed by atoms with Crippen molar-refractivity contribution < 1.29 is 24.5 Å². The highest BCUT2D eigenvalue weighted by Gasteiger charge is 2.33. The molecular weight excluding hydrogens is 406 g/mol. The first-order chi connectivity index (χ1) is 14.4. The Morgan fingerprint density at radius 2 is 2.03 bits per heavy atom. The maximum Gasteiger partial charge on any atom is 0.275 e. The topological polar surface area (TPSA) is 111 Å². The van der Waals surface area contributed by atoms with Crippen molar-refractivity contribution in [2.75, 3.05) is 13.7 Å². The van der Waals surface area contributed by atoms with Crippen molar-refractivity contribution in [3.8, 4) is 17.2 Å². The van der Waals surface area contributed by atoms with Crippen molar-refractivity contribution in [2.24, 2.45) is 5.10 Å². The van der Waals surface area contributed by atoms with Gasteiger partial charge in [0.15, 0.2) is 16.7 Å². The molecule has 0 spiro atoms. The zero-order valence-corrected chi connectivity index (χ0v) is 16.8. The summed E-state index contributed by atoms with van der Waals surface area (Å²) in [5.74, 6) is -0.801. The average Bonchev–Trinajstić information content (AvgIpc) is 3.03. The zero-order chi connectivity index (χ0) is 21.7. The van der Waals surface area contributed by atoms with Crippen LogP contribution >= 0.6 is 11.8 Å². The summed E-state index contributed by atoms with van der Waals surface area (Å²) in [7, 11) is 1.44. The first kappa shape index (κ1) is 21.0. The standard InChI is InChI=1S/C21H19N3O5S/c1-3-10-24-20(28)18(12-13-8-9-16(26)17(11-13)29-2)30-21(24)23-22-19(27)14-6-4-5-7-15(14)25/h3-9,11-12,25-26H,1,10H2,2H3,(H,22,27)/b18-12-,23-21+. The molecular formula is C21H19N3O5S. The number of carbonyl (C=O) groups is 2. The molecule has 2 aromatic carbocycles. The zero-order valence-electron chi connectivity index (χ0n) is 16.0. The lowest BCUT2D eigenvalue weighted by molar-refractivity contribution is -0.121. The van der Waals surface area contributed by atoms with E-state index in [9.17, 15) is 19.8 Å². The third kappa shape index (κ3) is 4.47. The number of methoxy groups -OCH3 is 1. The molecule has 0 aromatic heterocycles.